The van der Waals surface area contributed by atoms with Crippen molar-refractivity contribution in [1.29, 1.82) is 0 Å². The van der Waals surface area contributed by atoms with Crippen molar-refractivity contribution < 1.29 is 4.39 Å². The van der Waals surface area contributed by atoms with Gasteiger partial charge in [0.1, 0.15) is 17.5 Å². The van der Waals surface area contributed by atoms with E-state index in [-0.39, 0.29) is 11.9 Å². The molecular formula is C15H14BrFN6S. The van der Waals surface area contributed by atoms with Crippen LogP contribution in [0.4, 0.5) is 9.52 Å². The van der Waals surface area contributed by atoms with E-state index in [0.717, 1.165) is 35.5 Å². The molecule has 1 N–H and O–H groups in total. The quantitative estimate of drug-likeness (QED) is 0.718. The molecule has 2 aromatic heterocycles. The van der Waals surface area contributed by atoms with E-state index in [2.05, 4.69) is 41.5 Å². The lowest BCUT2D eigenvalue weighted by molar-refractivity contribution is 0.440. The lowest BCUT2D eigenvalue weighted by Crippen LogP contribution is -2.31. The van der Waals surface area contributed by atoms with Gasteiger partial charge in [0.2, 0.25) is 5.13 Å². The van der Waals surface area contributed by atoms with Crippen molar-refractivity contribution >= 4 is 32.4 Å². The van der Waals surface area contributed by atoms with Gasteiger partial charge in [-0.15, -0.1) is 10.2 Å². The van der Waals surface area contributed by atoms with E-state index < -0.39 is 0 Å². The fourth-order valence-electron chi connectivity index (χ4n) is 2.78. The summed E-state index contributed by atoms with van der Waals surface area (Å²) in [6.07, 6.45) is 1.84. The topological polar surface area (TPSA) is 68.5 Å². The average Bonchev–Trinajstić information content (AvgIpc) is 3.15. The maximum atomic E-state index is 14.0. The highest BCUT2D eigenvalue weighted by atomic mass is 79.9. The van der Waals surface area contributed by atoms with Crippen LogP contribution in [0.1, 0.15) is 18.1 Å². The lowest BCUT2D eigenvalue weighted by atomic mass is 10.1. The SMILES string of the molecule is Cc1nc2n(n1)CC(Nc1nnc(-c3cc(Br)ccc3F)s1)CC2. The van der Waals surface area contributed by atoms with Gasteiger partial charge in [-0.05, 0) is 31.5 Å². The third-order valence-corrected chi connectivity index (χ3v) is 5.26. The van der Waals surface area contributed by atoms with E-state index in [4.69, 9.17) is 0 Å². The highest BCUT2D eigenvalue weighted by Crippen LogP contribution is 2.31. The van der Waals surface area contributed by atoms with Crippen molar-refractivity contribution in [3.63, 3.8) is 0 Å². The molecule has 1 atom stereocenters. The number of aryl methyl sites for hydroxylation is 2. The van der Waals surface area contributed by atoms with Gasteiger partial charge in [-0.2, -0.15) is 5.10 Å². The number of hydrogen-bond donors (Lipinski definition) is 1. The summed E-state index contributed by atoms with van der Waals surface area (Å²) in [6.45, 7) is 2.65. The number of hydrogen-bond acceptors (Lipinski definition) is 6. The Hall–Kier alpha value is -1.87. The summed E-state index contributed by atoms with van der Waals surface area (Å²) in [5, 5.41) is 17.3. The van der Waals surface area contributed by atoms with Crippen LogP contribution in [-0.4, -0.2) is 31.0 Å². The minimum absolute atomic E-state index is 0.215. The number of anilines is 1. The van der Waals surface area contributed by atoms with Crippen LogP contribution in [-0.2, 0) is 13.0 Å². The molecule has 0 bridgehead atoms. The second-order valence-electron chi connectivity index (χ2n) is 5.67. The van der Waals surface area contributed by atoms with Gasteiger partial charge in [0.25, 0.3) is 0 Å². The Morgan fingerprint density at radius 1 is 1.38 bits per heavy atom. The monoisotopic (exact) mass is 408 g/mol. The van der Waals surface area contributed by atoms with Crippen LogP contribution in [0.5, 0.6) is 0 Å². The molecular weight excluding hydrogens is 395 g/mol. The first-order valence-corrected chi connectivity index (χ1v) is 9.15. The molecule has 6 nitrogen and oxygen atoms in total. The molecule has 3 heterocycles. The summed E-state index contributed by atoms with van der Waals surface area (Å²) in [5.41, 5.74) is 0.452. The molecule has 1 aliphatic rings. The van der Waals surface area contributed by atoms with Gasteiger partial charge in [0.05, 0.1) is 6.54 Å². The van der Waals surface area contributed by atoms with Crippen molar-refractivity contribution in [3.8, 4) is 10.6 Å². The molecule has 0 saturated carbocycles. The zero-order valence-corrected chi connectivity index (χ0v) is 15.2. The molecule has 0 radical (unpaired) electrons. The molecule has 0 aliphatic carbocycles. The fourth-order valence-corrected chi connectivity index (χ4v) is 3.98. The van der Waals surface area contributed by atoms with Crippen molar-refractivity contribution in [3.05, 3.63) is 40.1 Å². The maximum Gasteiger partial charge on any atom is 0.206 e. The number of nitrogens with one attached hydrogen (secondary N) is 1. The number of fused-ring (bicyclic) bond motifs is 1. The molecule has 4 rings (SSSR count). The summed E-state index contributed by atoms with van der Waals surface area (Å²) in [4.78, 5) is 4.41. The molecule has 0 spiro atoms. The van der Waals surface area contributed by atoms with E-state index in [1.54, 1.807) is 12.1 Å². The summed E-state index contributed by atoms with van der Waals surface area (Å²) in [5.74, 6) is 1.52. The normalized spacial score (nSPS) is 16.9. The summed E-state index contributed by atoms with van der Waals surface area (Å²) >= 11 is 4.71. The second-order valence-corrected chi connectivity index (χ2v) is 7.57. The second kappa shape index (κ2) is 6.21. The Balaban J connectivity index is 1.51. The zero-order chi connectivity index (χ0) is 16.7. The van der Waals surface area contributed by atoms with E-state index in [1.165, 1.54) is 17.4 Å². The molecule has 1 unspecified atom stereocenters. The van der Waals surface area contributed by atoms with Crippen molar-refractivity contribution in [2.75, 3.05) is 5.32 Å². The first-order valence-electron chi connectivity index (χ1n) is 7.54. The molecule has 9 heteroatoms. The van der Waals surface area contributed by atoms with Crippen LogP contribution in [0.3, 0.4) is 0 Å². The Kier molecular flexibility index (Phi) is 4.05. The maximum absolute atomic E-state index is 14.0. The predicted molar refractivity (Wildman–Crippen MR) is 93.5 cm³/mol. The fraction of sp³-hybridized carbons (Fsp3) is 0.333. The number of halogens is 2. The number of aromatic nitrogens is 5. The van der Waals surface area contributed by atoms with Gasteiger partial charge < -0.3 is 5.32 Å². The van der Waals surface area contributed by atoms with E-state index in [0.29, 0.717) is 15.7 Å². The minimum atomic E-state index is -0.304. The molecule has 0 saturated heterocycles. The molecule has 124 valence electrons. The number of benzene rings is 1. The van der Waals surface area contributed by atoms with Gasteiger partial charge >= 0.3 is 0 Å². The van der Waals surface area contributed by atoms with E-state index in [9.17, 15) is 4.39 Å². The van der Waals surface area contributed by atoms with Crippen LogP contribution < -0.4 is 5.32 Å². The average molecular weight is 409 g/mol. The van der Waals surface area contributed by atoms with Gasteiger partial charge in [0.15, 0.2) is 5.01 Å². The van der Waals surface area contributed by atoms with Crippen LogP contribution >= 0.6 is 27.3 Å². The van der Waals surface area contributed by atoms with Gasteiger partial charge in [-0.1, -0.05) is 27.3 Å². The Morgan fingerprint density at radius 3 is 3.12 bits per heavy atom. The lowest BCUT2D eigenvalue weighted by Gasteiger charge is -2.22. The summed E-state index contributed by atoms with van der Waals surface area (Å²) < 4.78 is 16.7. The molecule has 0 fully saturated rings. The Labute approximate surface area is 150 Å². The molecule has 3 aromatic rings. The summed E-state index contributed by atoms with van der Waals surface area (Å²) in [6, 6.07) is 5.01. The summed E-state index contributed by atoms with van der Waals surface area (Å²) in [7, 11) is 0. The van der Waals surface area contributed by atoms with Crippen molar-refractivity contribution in [2.24, 2.45) is 0 Å². The largest absolute Gasteiger partial charge is 0.355 e. The Bertz CT molecular complexity index is 892. The predicted octanol–water partition coefficient (Wildman–Crippen LogP) is 3.43. The van der Waals surface area contributed by atoms with E-state index in [1.807, 2.05) is 11.6 Å². The van der Waals surface area contributed by atoms with Crippen LogP contribution in [0, 0.1) is 12.7 Å². The molecule has 1 aromatic carbocycles. The molecule has 0 amide bonds. The highest BCUT2D eigenvalue weighted by molar-refractivity contribution is 9.10. The van der Waals surface area contributed by atoms with Crippen LogP contribution in [0.2, 0.25) is 0 Å². The van der Waals surface area contributed by atoms with Gasteiger partial charge in [0, 0.05) is 22.5 Å². The van der Waals surface area contributed by atoms with Crippen molar-refractivity contribution in [2.45, 2.75) is 32.4 Å². The van der Waals surface area contributed by atoms with E-state index >= 15 is 0 Å². The number of rotatable bonds is 3. The molecule has 24 heavy (non-hydrogen) atoms. The smallest absolute Gasteiger partial charge is 0.206 e. The first-order chi connectivity index (χ1) is 11.6. The third kappa shape index (κ3) is 3.05. The van der Waals surface area contributed by atoms with Gasteiger partial charge in [-0.25, -0.2) is 14.1 Å². The van der Waals surface area contributed by atoms with Crippen molar-refractivity contribution in [1.82, 2.24) is 25.0 Å². The Morgan fingerprint density at radius 2 is 2.25 bits per heavy atom. The zero-order valence-electron chi connectivity index (χ0n) is 12.8. The molecule has 1 aliphatic heterocycles. The van der Waals surface area contributed by atoms with Crippen LogP contribution in [0.15, 0.2) is 22.7 Å². The standard InChI is InChI=1S/C15H14BrFN6S/c1-8-18-13-5-3-10(7-23(13)22-8)19-15-21-20-14(24-15)11-6-9(16)2-4-12(11)17/h2,4,6,10H,3,5,7H2,1H3,(H,19,21). The van der Waals surface area contributed by atoms with Crippen LogP contribution in [0.25, 0.3) is 10.6 Å². The number of nitrogens with zero attached hydrogens (tertiary/aromatic N) is 5. The minimum Gasteiger partial charge on any atom is -0.355 e. The highest BCUT2D eigenvalue weighted by Gasteiger charge is 2.22. The van der Waals surface area contributed by atoms with Gasteiger partial charge in [-0.3, -0.25) is 0 Å². The first kappa shape index (κ1) is 15.6. The third-order valence-electron chi connectivity index (χ3n) is 3.88.